The van der Waals surface area contributed by atoms with Crippen LogP contribution in [0.3, 0.4) is 0 Å². The summed E-state index contributed by atoms with van der Waals surface area (Å²) in [6.45, 7) is 5.39. The Kier molecular flexibility index (Phi) is 3.69. The molecule has 1 aromatic heterocycles. The lowest BCUT2D eigenvalue weighted by Crippen LogP contribution is -2.35. The first-order valence-corrected chi connectivity index (χ1v) is 6.78. The molecule has 0 aliphatic carbocycles. The Bertz CT molecular complexity index is 754. The van der Waals surface area contributed by atoms with E-state index in [1.807, 2.05) is 13.8 Å². The third-order valence-electron chi connectivity index (χ3n) is 2.95. The minimum Gasteiger partial charge on any atom is -0.297 e. The second kappa shape index (κ2) is 4.98. The van der Waals surface area contributed by atoms with Crippen LogP contribution in [0.25, 0.3) is 5.69 Å². The average molecular weight is 344 g/mol. The van der Waals surface area contributed by atoms with Crippen molar-refractivity contribution >= 4 is 27.5 Å². The summed E-state index contributed by atoms with van der Waals surface area (Å²) >= 11 is 9.24. The number of benzene rings is 1. The monoisotopic (exact) mass is 342 g/mol. The van der Waals surface area contributed by atoms with Gasteiger partial charge in [0.1, 0.15) is 5.15 Å². The van der Waals surface area contributed by atoms with Gasteiger partial charge in [-0.2, -0.15) is 0 Å². The molecule has 4 nitrogen and oxygen atoms in total. The van der Waals surface area contributed by atoms with Crippen molar-refractivity contribution in [1.82, 2.24) is 9.55 Å². The summed E-state index contributed by atoms with van der Waals surface area (Å²) in [6.07, 6.45) is 0. The van der Waals surface area contributed by atoms with Gasteiger partial charge in [-0.15, -0.1) is 0 Å². The Labute approximate surface area is 123 Å². The normalized spacial score (nSPS) is 10.8. The van der Waals surface area contributed by atoms with Gasteiger partial charge in [0.2, 0.25) is 0 Å². The van der Waals surface area contributed by atoms with Gasteiger partial charge in [-0.25, -0.2) is 9.36 Å². The molecule has 1 N–H and O–H groups in total. The molecule has 0 aliphatic rings. The van der Waals surface area contributed by atoms with E-state index in [-0.39, 0.29) is 5.15 Å². The van der Waals surface area contributed by atoms with E-state index in [1.165, 1.54) is 0 Å². The molecule has 0 amide bonds. The smallest absolute Gasteiger partial charge is 0.297 e. The molecule has 0 spiro atoms. The molecule has 1 heterocycles. The molecular formula is C13H12BrClN2O2. The molecule has 6 heteroatoms. The lowest BCUT2D eigenvalue weighted by atomic mass is 10.1. The van der Waals surface area contributed by atoms with Crippen molar-refractivity contribution in [3.63, 3.8) is 0 Å². The van der Waals surface area contributed by atoms with Gasteiger partial charge in [0.25, 0.3) is 5.56 Å². The molecular weight excluding hydrogens is 332 g/mol. The molecule has 19 heavy (non-hydrogen) atoms. The molecule has 1 aromatic carbocycles. The second-order valence-electron chi connectivity index (χ2n) is 4.40. The molecule has 0 aliphatic heterocycles. The minimum atomic E-state index is -0.540. The van der Waals surface area contributed by atoms with Crippen LogP contribution in [0.4, 0.5) is 0 Å². The number of nitrogens with one attached hydrogen (secondary N) is 1. The first kappa shape index (κ1) is 14.1. The molecule has 2 aromatic rings. The molecule has 0 radical (unpaired) electrons. The standard InChI is InChI=1S/C13H12BrClN2O2/c1-6-4-9(5-7(2)10(6)14)17-12(18)8(3)11(15)16-13(17)19/h4-5H,1-3H3,(H,16,19). The van der Waals surface area contributed by atoms with Crippen LogP contribution in [0.2, 0.25) is 5.15 Å². The fourth-order valence-corrected chi connectivity index (χ4v) is 2.27. The highest BCUT2D eigenvalue weighted by molar-refractivity contribution is 9.10. The first-order chi connectivity index (χ1) is 8.82. The van der Waals surface area contributed by atoms with Crippen LogP contribution >= 0.6 is 27.5 Å². The summed E-state index contributed by atoms with van der Waals surface area (Å²) in [6, 6.07) is 3.56. The van der Waals surface area contributed by atoms with Gasteiger partial charge in [-0.3, -0.25) is 9.78 Å². The van der Waals surface area contributed by atoms with E-state index in [1.54, 1.807) is 19.1 Å². The highest BCUT2D eigenvalue weighted by Crippen LogP contribution is 2.23. The third-order valence-corrected chi connectivity index (χ3v) is 4.58. The Morgan fingerprint density at radius 1 is 1.16 bits per heavy atom. The number of H-pyrrole nitrogens is 1. The molecule has 0 saturated carbocycles. The number of rotatable bonds is 1. The fraction of sp³-hybridized carbons (Fsp3) is 0.231. The molecule has 0 fully saturated rings. The average Bonchev–Trinajstić information content (AvgIpc) is 2.33. The SMILES string of the molecule is Cc1cc(-n2c(=O)[nH]c(Cl)c(C)c2=O)cc(C)c1Br. The summed E-state index contributed by atoms with van der Waals surface area (Å²) in [5.74, 6) is 0. The van der Waals surface area contributed by atoms with Gasteiger partial charge in [-0.05, 0) is 44.0 Å². The largest absolute Gasteiger partial charge is 0.334 e. The van der Waals surface area contributed by atoms with Crippen LogP contribution in [0.5, 0.6) is 0 Å². The highest BCUT2D eigenvalue weighted by atomic mass is 79.9. The van der Waals surface area contributed by atoms with Crippen LogP contribution in [0, 0.1) is 20.8 Å². The van der Waals surface area contributed by atoms with E-state index < -0.39 is 11.2 Å². The predicted molar refractivity (Wildman–Crippen MR) is 79.6 cm³/mol. The Morgan fingerprint density at radius 3 is 2.21 bits per heavy atom. The number of aryl methyl sites for hydroxylation is 2. The summed E-state index contributed by atoms with van der Waals surface area (Å²) < 4.78 is 2.06. The maximum atomic E-state index is 12.2. The van der Waals surface area contributed by atoms with Crippen molar-refractivity contribution in [1.29, 1.82) is 0 Å². The predicted octanol–water partition coefficient (Wildman–Crippen LogP) is 2.87. The van der Waals surface area contributed by atoms with Crippen molar-refractivity contribution in [2.24, 2.45) is 0 Å². The van der Waals surface area contributed by atoms with Crippen LogP contribution in [0.1, 0.15) is 16.7 Å². The number of halogens is 2. The fourth-order valence-electron chi connectivity index (χ4n) is 1.88. The van der Waals surface area contributed by atoms with Gasteiger partial charge in [0.15, 0.2) is 0 Å². The summed E-state index contributed by atoms with van der Waals surface area (Å²) in [7, 11) is 0. The van der Waals surface area contributed by atoms with Gasteiger partial charge in [-0.1, -0.05) is 27.5 Å². The van der Waals surface area contributed by atoms with Crippen molar-refractivity contribution in [3.8, 4) is 5.69 Å². The topological polar surface area (TPSA) is 54.9 Å². The molecule has 0 bridgehead atoms. The summed E-state index contributed by atoms with van der Waals surface area (Å²) in [5.41, 5.74) is 1.81. The van der Waals surface area contributed by atoms with E-state index in [2.05, 4.69) is 20.9 Å². The number of hydrogen-bond donors (Lipinski definition) is 1. The van der Waals surface area contributed by atoms with Crippen LogP contribution in [-0.2, 0) is 0 Å². The van der Waals surface area contributed by atoms with E-state index >= 15 is 0 Å². The maximum Gasteiger partial charge on any atom is 0.334 e. The zero-order valence-electron chi connectivity index (χ0n) is 10.7. The van der Waals surface area contributed by atoms with Gasteiger partial charge >= 0.3 is 5.69 Å². The number of aromatic nitrogens is 2. The molecule has 0 saturated heterocycles. The maximum absolute atomic E-state index is 12.2. The zero-order valence-corrected chi connectivity index (χ0v) is 13.0. The lowest BCUT2D eigenvalue weighted by molar-refractivity contribution is 0.857. The zero-order chi connectivity index (χ0) is 14.3. The third kappa shape index (κ3) is 2.40. The van der Waals surface area contributed by atoms with Crippen LogP contribution in [0.15, 0.2) is 26.2 Å². The first-order valence-electron chi connectivity index (χ1n) is 5.61. The Hall–Kier alpha value is -1.33. The van der Waals surface area contributed by atoms with Gasteiger partial charge < -0.3 is 0 Å². The van der Waals surface area contributed by atoms with Gasteiger partial charge in [0.05, 0.1) is 11.3 Å². The summed E-state index contributed by atoms with van der Waals surface area (Å²) in [5, 5.41) is 0.0804. The van der Waals surface area contributed by atoms with E-state index in [4.69, 9.17) is 11.6 Å². The molecule has 0 atom stereocenters. The Balaban J connectivity index is 2.84. The van der Waals surface area contributed by atoms with E-state index in [0.29, 0.717) is 11.3 Å². The second-order valence-corrected chi connectivity index (χ2v) is 5.57. The van der Waals surface area contributed by atoms with Crippen molar-refractivity contribution in [2.75, 3.05) is 0 Å². The van der Waals surface area contributed by atoms with Crippen LogP contribution < -0.4 is 11.2 Å². The van der Waals surface area contributed by atoms with Crippen molar-refractivity contribution in [2.45, 2.75) is 20.8 Å². The number of hydrogen-bond acceptors (Lipinski definition) is 2. The molecule has 100 valence electrons. The Morgan fingerprint density at radius 2 is 1.68 bits per heavy atom. The minimum absolute atomic E-state index is 0.0804. The van der Waals surface area contributed by atoms with Crippen molar-refractivity contribution in [3.05, 3.63) is 59.3 Å². The molecule has 0 unspecified atom stereocenters. The molecule has 2 rings (SSSR count). The van der Waals surface area contributed by atoms with Crippen LogP contribution in [-0.4, -0.2) is 9.55 Å². The van der Waals surface area contributed by atoms with E-state index in [9.17, 15) is 9.59 Å². The van der Waals surface area contributed by atoms with Crippen molar-refractivity contribution < 1.29 is 0 Å². The van der Waals surface area contributed by atoms with Gasteiger partial charge in [0, 0.05) is 4.47 Å². The number of aromatic amines is 1. The summed E-state index contributed by atoms with van der Waals surface area (Å²) in [4.78, 5) is 26.6. The van der Waals surface area contributed by atoms with E-state index in [0.717, 1.165) is 20.2 Å². The lowest BCUT2D eigenvalue weighted by Gasteiger charge is -2.10. The quantitative estimate of drug-likeness (QED) is 0.810. The highest BCUT2D eigenvalue weighted by Gasteiger charge is 2.12. The number of nitrogens with zero attached hydrogens (tertiary/aromatic N) is 1.